The first kappa shape index (κ1) is 21.5. The summed E-state index contributed by atoms with van der Waals surface area (Å²) in [5.74, 6) is 2.45. The van der Waals surface area contributed by atoms with Gasteiger partial charge in [0.15, 0.2) is 0 Å². The Kier molecular flexibility index (Phi) is 6.00. The molecule has 0 amide bonds. The third kappa shape index (κ3) is 4.85. The minimum absolute atomic E-state index is 0.111. The number of rotatable bonds is 6. The first-order valence-corrected chi connectivity index (χ1v) is 11.3. The van der Waals surface area contributed by atoms with Gasteiger partial charge in [-0.2, -0.15) is 9.97 Å². The predicted molar refractivity (Wildman–Crippen MR) is 121 cm³/mol. The van der Waals surface area contributed by atoms with Crippen molar-refractivity contribution in [2.75, 3.05) is 13.1 Å². The van der Waals surface area contributed by atoms with E-state index in [4.69, 9.17) is 9.05 Å². The Hall–Kier alpha value is -3.39. The van der Waals surface area contributed by atoms with Gasteiger partial charge < -0.3 is 9.05 Å². The largest absolute Gasteiger partial charge is 0.339 e. The van der Waals surface area contributed by atoms with Crippen molar-refractivity contribution < 1.29 is 13.4 Å². The van der Waals surface area contributed by atoms with Crippen molar-refractivity contribution in [2.24, 2.45) is 0 Å². The molecule has 8 heteroatoms. The van der Waals surface area contributed by atoms with Crippen LogP contribution in [0.15, 0.2) is 57.6 Å². The number of nitrogens with zero attached hydrogens (tertiary/aromatic N) is 5. The van der Waals surface area contributed by atoms with E-state index in [1.165, 1.54) is 17.7 Å². The Morgan fingerprint density at radius 1 is 1.00 bits per heavy atom. The van der Waals surface area contributed by atoms with Crippen molar-refractivity contribution >= 4 is 0 Å². The molecule has 0 radical (unpaired) electrons. The van der Waals surface area contributed by atoms with E-state index in [1.807, 2.05) is 12.1 Å². The van der Waals surface area contributed by atoms with Gasteiger partial charge in [0.05, 0.1) is 12.5 Å². The number of aromatic nitrogens is 4. The van der Waals surface area contributed by atoms with Crippen molar-refractivity contribution in [3.05, 3.63) is 71.7 Å². The van der Waals surface area contributed by atoms with Gasteiger partial charge in [-0.3, -0.25) is 4.90 Å². The van der Waals surface area contributed by atoms with E-state index in [0.717, 1.165) is 31.5 Å². The van der Waals surface area contributed by atoms with Gasteiger partial charge in [0.1, 0.15) is 5.82 Å². The predicted octanol–water partition coefficient (Wildman–Crippen LogP) is 5.43. The number of hydrogen-bond acceptors (Lipinski definition) is 7. The molecule has 1 aliphatic heterocycles. The second kappa shape index (κ2) is 9.23. The summed E-state index contributed by atoms with van der Waals surface area (Å²) >= 11 is 0. The molecule has 0 spiro atoms. The monoisotopic (exact) mass is 447 g/mol. The van der Waals surface area contributed by atoms with Crippen LogP contribution < -0.4 is 0 Å². The molecule has 170 valence electrons. The Labute approximate surface area is 191 Å². The third-order valence-corrected chi connectivity index (χ3v) is 6.04. The molecule has 4 aromatic rings. The minimum Gasteiger partial charge on any atom is -0.339 e. The van der Waals surface area contributed by atoms with Gasteiger partial charge in [-0.1, -0.05) is 60.6 Å². The van der Waals surface area contributed by atoms with Crippen LogP contribution in [0, 0.1) is 5.82 Å². The zero-order valence-corrected chi connectivity index (χ0v) is 18.7. The van der Waals surface area contributed by atoms with Crippen molar-refractivity contribution in [2.45, 2.75) is 45.1 Å². The fourth-order valence-corrected chi connectivity index (χ4v) is 4.19. The molecule has 0 aliphatic carbocycles. The van der Waals surface area contributed by atoms with Crippen LogP contribution in [0.4, 0.5) is 4.39 Å². The molecule has 0 saturated carbocycles. The van der Waals surface area contributed by atoms with Crippen LogP contribution >= 0.6 is 0 Å². The van der Waals surface area contributed by atoms with E-state index in [9.17, 15) is 4.39 Å². The molecule has 1 unspecified atom stereocenters. The molecule has 1 saturated heterocycles. The zero-order chi connectivity index (χ0) is 22.8. The van der Waals surface area contributed by atoms with Crippen LogP contribution in [0.1, 0.15) is 55.9 Å². The maximum Gasteiger partial charge on any atom is 0.241 e. The smallest absolute Gasteiger partial charge is 0.241 e. The maximum atomic E-state index is 13.5. The van der Waals surface area contributed by atoms with Crippen molar-refractivity contribution in [1.29, 1.82) is 0 Å². The first-order valence-electron chi connectivity index (χ1n) is 11.3. The van der Waals surface area contributed by atoms with Crippen molar-refractivity contribution in [3.8, 4) is 22.8 Å². The molecule has 1 fully saturated rings. The van der Waals surface area contributed by atoms with Crippen molar-refractivity contribution in [3.63, 3.8) is 0 Å². The van der Waals surface area contributed by atoms with Gasteiger partial charge >= 0.3 is 0 Å². The lowest BCUT2D eigenvalue weighted by Gasteiger charge is -2.29. The average Bonchev–Trinajstić information content (AvgIpc) is 3.50. The van der Waals surface area contributed by atoms with E-state index >= 15 is 0 Å². The Morgan fingerprint density at radius 3 is 2.58 bits per heavy atom. The van der Waals surface area contributed by atoms with E-state index in [1.54, 1.807) is 12.1 Å². The molecule has 0 N–H and O–H groups in total. The summed E-state index contributed by atoms with van der Waals surface area (Å²) in [5.41, 5.74) is 2.84. The Morgan fingerprint density at radius 2 is 1.79 bits per heavy atom. The van der Waals surface area contributed by atoms with Crippen LogP contribution in [0.2, 0.25) is 0 Å². The SMILES string of the molecule is CC(C)c1ccc(-c2noc(CN3CCCC(c4nc(-c5cccc(F)c5)no4)C3)n2)cc1. The summed E-state index contributed by atoms with van der Waals surface area (Å²) in [4.78, 5) is 11.4. The quantitative estimate of drug-likeness (QED) is 0.390. The average molecular weight is 448 g/mol. The topological polar surface area (TPSA) is 81.1 Å². The lowest BCUT2D eigenvalue weighted by atomic mass is 9.98. The molecule has 0 bridgehead atoms. The fourth-order valence-electron chi connectivity index (χ4n) is 4.19. The van der Waals surface area contributed by atoms with Gasteiger partial charge in [0.2, 0.25) is 23.4 Å². The number of piperidine rings is 1. The van der Waals surface area contributed by atoms with Crippen LogP contribution in [0.25, 0.3) is 22.8 Å². The van der Waals surface area contributed by atoms with E-state index in [2.05, 4.69) is 51.2 Å². The van der Waals surface area contributed by atoms with E-state index < -0.39 is 0 Å². The van der Waals surface area contributed by atoms with Gasteiger partial charge in [-0.15, -0.1) is 0 Å². The molecule has 1 aliphatic rings. The summed E-state index contributed by atoms with van der Waals surface area (Å²) in [5, 5.41) is 8.22. The highest BCUT2D eigenvalue weighted by Crippen LogP contribution is 2.29. The van der Waals surface area contributed by atoms with Crippen LogP contribution in [-0.2, 0) is 6.54 Å². The second-order valence-corrected chi connectivity index (χ2v) is 8.83. The number of hydrogen-bond donors (Lipinski definition) is 0. The number of halogens is 1. The lowest BCUT2D eigenvalue weighted by Crippen LogP contribution is -2.34. The standard InChI is InChI=1S/C25H26FN5O2/c1-16(2)17-8-10-18(11-9-17)23-27-22(32-29-23)15-31-12-4-6-20(14-31)25-28-24(30-33-25)19-5-3-7-21(26)13-19/h3,5,7-11,13,16,20H,4,6,12,14-15H2,1-2H3. The summed E-state index contributed by atoms with van der Waals surface area (Å²) in [6.07, 6.45) is 1.96. The number of likely N-dealkylation sites (tertiary alicyclic amines) is 1. The summed E-state index contributed by atoms with van der Waals surface area (Å²) in [7, 11) is 0. The van der Waals surface area contributed by atoms with Crippen LogP contribution in [0.3, 0.4) is 0 Å². The summed E-state index contributed by atoms with van der Waals surface area (Å²) < 4.78 is 24.6. The fraction of sp³-hybridized carbons (Fsp3) is 0.360. The Balaban J connectivity index is 1.24. The molecular formula is C25H26FN5O2. The van der Waals surface area contributed by atoms with Crippen molar-refractivity contribution in [1.82, 2.24) is 25.2 Å². The second-order valence-electron chi connectivity index (χ2n) is 8.83. The minimum atomic E-state index is -0.322. The highest BCUT2D eigenvalue weighted by atomic mass is 19.1. The third-order valence-electron chi connectivity index (χ3n) is 6.04. The first-order chi connectivity index (χ1) is 16.0. The highest BCUT2D eigenvalue weighted by Gasteiger charge is 2.27. The molecule has 2 aromatic heterocycles. The molecular weight excluding hydrogens is 421 g/mol. The summed E-state index contributed by atoms with van der Waals surface area (Å²) in [6, 6.07) is 14.5. The van der Waals surface area contributed by atoms with Crippen LogP contribution in [-0.4, -0.2) is 38.3 Å². The number of benzene rings is 2. The van der Waals surface area contributed by atoms with Gasteiger partial charge in [0.25, 0.3) is 0 Å². The molecule has 5 rings (SSSR count). The van der Waals surface area contributed by atoms with Gasteiger partial charge in [-0.25, -0.2) is 4.39 Å². The molecule has 1 atom stereocenters. The molecule has 33 heavy (non-hydrogen) atoms. The summed E-state index contributed by atoms with van der Waals surface area (Å²) in [6.45, 7) is 6.60. The normalized spacial score (nSPS) is 17.0. The van der Waals surface area contributed by atoms with E-state index in [0.29, 0.717) is 41.5 Å². The van der Waals surface area contributed by atoms with Crippen LogP contribution in [0.5, 0.6) is 0 Å². The van der Waals surface area contributed by atoms with Gasteiger partial charge in [0, 0.05) is 17.7 Å². The lowest BCUT2D eigenvalue weighted by molar-refractivity contribution is 0.162. The van der Waals surface area contributed by atoms with Gasteiger partial charge in [-0.05, 0) is 43.0 Å². The molecule has 3 heterocycles. The van der Waals surface area contributed by atoms with E-state index in [-0.39, 0.29) is 11.7 Å². The Bertz CT molecular complexity index is 1220. The molecule has 7 nitrogen and oxygen atoms in total. The molecule has 2 aromatic carbocycles. The maximum absolute atomic E-state index is 13.5. The zero-order valence-electron chi connectivity index (χ0n) is 18.7. The highest BCUT2D eigenvalue weighted by molar-refractivity contribution is 5.55.